The number of carbonyl (C=O) groups is 4. The van der Waals surface area contributed by atoms with Gasteiger partial charge in [0.05, 0.1) is 51.8 Å². The Morgan fingerprint density at radius 3 is 1.09 bits per heavy atom. The summed E-state index contributed by atoms with van der Waals surface area (Å²) in [4.78, 5) is 88.1. The fourth-order valence-corrected chi connectivity index (χ4v) is 13.6. The third kappa shape index (κ3) is 15.4. The van der Waals surface area contributed by atoms with Crippen LogP contribution in [0.15, 0.2) is 91.8 Å². The molecule has 3 aliphatic rings. The number of hydrogen-bond donors (Lipinski definition) is 9. The molecule has 31 heteroatoms. The van der Waals surface area contributed by atoms with Crippen LogP contribution >= 0.6 is 24.8 Å². The summed E-state index contributed by atoms with van der Waals surface area (Å²) < 4.78 is 51.2. The van der Waals surface area contributed by atoms with Crippen molar-refractivity contribution in [2.24, 2.45) is 32.6 Å². The molecule has 26 nitrogen and oxygen atoms in total. The zero-order chi connectivity index (χ0) is 70.7. The van der Waals surface area contributed by atoms with Gasteiger partial charge in [-0.25, -0.2) is 47.9 Å². The second-order valence-electron chi connectivity index (χ2n) is 28.5. The summed E-state index contributed by atoms with van der Waals surface area (Å²) in [5, 5.41) is 28.2. The molecule has 536 valence electrons. The molecular weight excluding hydrogens is 1350 g/mol. The first-order chi connectivity index (χ1) is 47.6. The maximum Gasteiger partial charge on any atom is 0.407 e. The molecule has 3 aromatic carbocycles. The molecule has 0 spiro atoms. The number of benzene rings is 3. The minimum Gasteiger partial charge on any atom is -0.444 e. The van der Waals surface area contributed by atoms with E-state index in [4.69, 9.17) is 31.2 Å². The zero-order valence-electron chi connectivity index (χ0n) is 57.9. The Hall–Kier alpha value is -10.1. The molecule has 9 aromatic heterocycles. The Bertz CT molecular complexity index is 4940. The van der Waals surface area contributed by atoms with E-state index < -0.39 is 17.2 Å². The molecule has 4 amide bonds. The van der Waals surface area contributed by atoms with Crippen LogP contribution in [-0.4, -0.2) is 138 Å². The predicted octanol–water partition coefficient (Wildman–Crippen LogP) is 11.5. The number of aromatic nitrogens is 15. The van der Waals surface area contributed by atoms with Gasteiger partial charge in [0.25, 0.3) is 17.7 Å². The number of rotatable bonds is 10. The lowest BCUT2D eigenvalue weighted by molar-refractivity contribution is 0.0476. The molecule has 3 aliphatic carbocycles. The van der Waals surface area contributed by atoms with Gasteiger partial charge in [0.1, 0.15) is 73.8 Å². The SMILES string of the molecule is Cl.Cl.Cn1nc(-c2cnc3[nH]cc(C(=O)NC4(C)CCC(N)CC4)c3n2)c2ccc(F)cc21.Cn1nc(-c2cnc3[nH]cc(C(=O)NC4(C)CCC(N)CC4)c3n2)c2ccc(F)cc21.Cn1nc(-c2cnc3[nH]cc(C(=O)NC4(C)CCC(NC(=O)OC(C)(C)C)CC4)c3n2)c2ccc(F)cc21. The van der Waals surface area contributed by atoms with Crippen molar-refractivity contribution < 1.29 is 37.1 Å². The minimum absolute atomic E-state index is 0. The van der Waals surface area contributed by atoms with Gasteiger partial charge in [-0.05, 0) is 173 Å². The third-order valence-corrected chi connectivity index (χ3v) is 19.4. The van der Waals surface area contributed by atoms with E-state index in [9.17, 15) is 32.3 Å². The van der Waals surface area contributed by atoms with Crippen LogP contribution in [0.3, 0.4) is 0 Å². The Balaban J connectivity index is 0.000000153. The number of fused-ring (bicyclic) bond motifs is 6. The highest BCUT2D eigenvalue weighted by molar-refractivity contribution is 6.07. The van der Waals surface area contributed by atoms with Gasteiger partial charge in [-0.1, -0.05) is 0 Å². The quantitative estimate of drug-likeness (QED) is 0.0614. The predicted molar refractivity (Wildman–Crippen MR) is 387 cm³/mol. The topological polar surface area (TPSA) is 356 Å². The van der Waals surface area contributed by atoms with Crippen molar-refractivity contribution >= 4 is 115 Å². The molecule has 0 atom stereocenters. The van der Waals surface area contributed by atoms with Gasteiger partial charge in [-0.15, -0.1) is 24.8 Å². The lowest BCUT2D eigenvalue weighted by Gasteiger charge is -2.38. The molecular formula is C71H82Cl2F3N21O5. The van der Waals surface area contributed by atoms with Crippen molar-refractivity contribution in [1.82, 2.24) is 95.5 Å². The highest BCUT2D eigenvalue weighted by Gasteiger charge is 2.37. The summed E-state index contributed by atoms with van der Waals surface area (Å²) >= 11 is 0. The number of halogens is 5. The molecule has 15 rings (SSSR count). The maximum absolute atomic E-state index is 13.8. The van der Waals surface area contributed by atoms with Gasteiger partial charge in [-0.3, -0.25) is 28.4 Å². The number of nitrogens with zero attached hydrogens (tertiary/aromatic N) is 12. The largest absolute Gasteiger partial charge is 0.444 e. The number of aryl methyl sites for hydroxylation is 3. The van der Waals surface area contributed by atoms with Crippen molar-refractivity contribution in [3.8, 4) is 34.2 Å². The number of aromatic amines is 3. The lowest BCUT2D eigenvalue weighted by atomic mass is 9.80. The highest BCUT2D eigenvalue weighted by atomic mass is 35.5. The van der Waals surface area contributed by atoms with Gasteiger partial charge >= 0.3 is 6.09 Å². The first-order valence-electron chi connectivity index (χ1n) is 33.5. The smallest absolute Gasteiger partial charge is 0.407 e. The average Bonchev–Trinajstić information content (AvgIpc) is 1.62. The summed E-state index contributed by atoms with van der Waals surface area (Å²) in [7, 11) is 5.25. The number of carbonyl (C=O) groups excluding carboxylic acids is 4. The average molecular weight is 1440 g/mol. The van der Waals surface area contributed by atoms with Gasteiger partial charge in [0, 0.05) is 90.6 Å². The standard InChI is InChI=1S/C27H32FN7O3.2C22H24FN7O.2ClH/c1-26(2,3)38-25(37)31-16-8-10-27(4,11-9-16)33-24(36)18-13-29-23-22(18)32-19(14-30-23)21-17-7-6-15(28)12-20(17)35(5)34-21;2*1-22(7-5-13(24)6-8-22)28-21(31)15-10-25-20-19(15)27-16(11-26-20)18-14-4-3-12(23)9-17(14)30(2)29-18;;/h6-7,12-14,16H,8-11H2,1-5H3,(H,29,30)(H,31,37)(H,33,36);2*3-4,9-11,13H,5-8,24H2,1-2H3,(H,25,26)(H,28,31);2*1H. The van der Waals surface area contributed by atoms with E-state index in [1.54, 1.807) is 90.6 Å². The van der Waals surface area contributed by atoms with Crippen LogP contribution in [0.4, 0.5) is 18.0 Å². The minimum atomic E-state index is -0.551. The number of H-pyrrole nitrogens is 3. The second kappa shape index (κ2) is 28.7. The second-order valence-corrected chi connectivity index (χ2v) is 28.5. The van der Waals surface area contributed by atoms with Gasteiger partial charge in [-0.2, -0.15) is 15.3 Å². The number of nitrogens with two attached hydrogens (primary N) is 2. The normalized spacial score (nSPS) is 20.6. The summed E-state index contributed by atoms with van der Waals surface area (Å²) in [6.45, 7) is 11.6. The monoisotopic (exact) mass is 1440 g/mol. The van der Waals surface area contributed by atoms with E-state index >= 15 is 0 Å². The van der Waals surface area contributed by atoms with Crippen molar-refractivity contribution in [2.75, 3.05) is 0 Å². The summed E-state index contributed by atoms with van der Waals surface area (Å²) in [5.41, 5.74) is 19.9. The van der Waals surface area contributed by atoms with E-state index in [2.05, 4.69) is 80.3 Å². The van der Waals surface area contributed by atoms with Gasteiger partial charge < -0.3 is 52.4 Å². The molecule has 0 saturated heterocycles. The van der Waals surface area contributed by atoms with E-state index in [0.29, 0.717) is 114 Å². The third-order valence-electron chi connectivity index (χ3n) is 19.4. The van der Waals surface area contributed by atoms with Crippen LogP contribution in [0.1, 0.15) is 150 Å². The van der Waals surface area contributed by atoms with Gasteiger partial charge in [0.2, 0.25) is 0 Å². The molecule has 3 fully saturated rings. The number of amides is 4. The number of alkyl carbamates (subject to hydrolysis) is 1. The van der Waals surface area contributed by atoms with Crippen LogP contribution in [0.25, 0.3) is 100 Å². The Labute approximate surface area is 596 Å². The summed E-state index contributed by atoms with van der Waals surface area (Å²) in [6, 6.07) is 13.9. The fraction of sp³-hybridized carbons (Fsp3) is 0.394. The number of nitrogens with one attached hydrogen (secondary N) is 7. The van der Waals surface area contributed by atoms with Crippen molar-refractivity contribution in [1.29, 1.82) is 0 Å². The van der Waals surface area contributed by atoms with E-state index in [1.165, 1.54) is 36.4 Å². The fourth-order valence-electron chi connectivity index (χ4n) is 13.6. The molecule has 3 saturated carbocycles. The maximum atomic E-state index is 13.8. The van der Waals surface area contributed by atoms with Crippen LogP contribution in [-0.2, 0) is 25.9 Å². The molecule has 102 heavy (non-hydrogen) atoms. The van der Waals surface area contributed by atoms with Crippen LogP contribution < -0.4 is 32.7 Å². The lowest BCUT2D eigenvalue weighted by Crippen LogP contribution is -2.51. The molecule has 0 radical (unpaired) electrons. The highest BCUT2D eigenvalue weighted by Crippen LogP contribution is 2.35. The van der Waals surface area contributed by atoms with Crippen molar-refractivity contribution in [3.63, 3.8) is 0 Å². The van der Waals surface area contributed by atoms with Crippen LogP contribution in [0, 0.1) is 17.5 Å². The number of ether oxygens (including phenoxy) is 1. The molecule has 0 bridgehead atoms. The summed E-state index contributed by atoms with van der Waals surface area (Å²) in [6.07, 6.45) is 19.0. The zero-order valence-corrected chi connectivity index (χ0v) is 59.5. The molecule has 12 aromatic rings. The summed E-state index contributed by atoms with van der Waals surface area (Å²) in [5.74, 6) is -1.64. The first-order valence-corrected chi connectivity index (χ1v) is 33.5. The van der Waals surface area contributed by atoms with E-state index in [1.807, 2.05) is 27.7 Å². The molecule has 0 unspecified atom stereocenters. The van der Waals surface area contributed by atoms with Crippen molar-refractivity contribution in [2.45, 2.75) is 159 Å². The Morgan fingerprint density at radius 1 is 0.500 bits per heavy atom. The van der Waals surface area contributed by atoms with E-state index in [0.717, 1.165) is 80.4 Å². The van der Waals surface area contributed by atoms with Crippen LogP contribution in [0.2, 0.25) is 0 Å². The Kier molecular flexibility index (Phi) is 20.6. The first kappa shape index (κ1) is 73.1. The van der Waals surface area contributed by atoms with Crippen molar-refractivity contribution in [3.05, 3.63) is 126 Å². The molecule has 0 aliphatic heterocycles. The van der Waals surface area contributed by atoms with E-state index in [-0.39, 0.29) is 89.2 Å². The van der Waals surface area contributed by atoms with Crippen LogP contribution in [0.5, 0.6) is 0 Å². The number of hydrogen-bond acceptors (Lipinski definition) is 16. The molecule has 11 N–H and O–H groups in total. The Morgan fingerprint density at radius 2 is 0.794 bits per heavy atom. The molecule has 9 heterocycles. The van der Waals surface area contributed by atoms with Gasteiger partial charge in [0.15, 0.2) is 16.9 Å².